The zero-order valence-electron chi connectivity index (χ0n) is 14.0. The minimum Gasteiger partial charge on any atom is -0.369 e. The van der Waals surface area contributed by atoms with Gasteiger partial charge in [-0.05, 0) is 49.3 Å². The van der Waals surface area contributed by atoms with E-state index in [1.165, 1.54) is 47.7 Å². The molecule has 1 aliphatic carbocycles. The SMILES string of the molecule is CC(Sc1ncnc2scc(-c3ccc4c(c3)CCCC4)c12)C(N)=O. The summed E-state index contributed by atoms with van der Waals surface area (Å²) >= 11 is 3.02. The highest BCUT2D eigenvalue weighted by molar-refractivity contribution is 8.00. The van der Waals surface area contributed by atoms with Crippen LogP contribution in [0.5, 0.6) is 0 Å². The number of nitrogens with zero attached hydrogens (tertiary/aromatic N) is 2. The van der Waals surface area contributed by atoms with E-state index in [2.05, 4.69) is 33.5 Å². The molecule has 4 nitrogen and oxygen atoms in total. The second kappa shape index (κ2) is 6.77. The van der Waals surface area contributed by atoms with Crippen molar-refractivity contribution in [3.63, 3.8) is 0 Å². The minimum atomic E-state index is -0.331. The van der Waals surface area contributed by atoms with Crippen LogP contribution in [0.25, 0.3) is 21.3 Å². The molecule has 4 rings (SSSR count). The number of hydrogen-bond donors (Lipinski definition) is 1. The Morgan fingerprint density at radius 3 is 2.84 bits per heavy atom. The number of hydrogen-bond acceptors (Lipinski definition) is 5. The molecule has 0 saturated heterocycles. The van der Waals surface area contributed by atoms with Gasteiger partial charge in [0.1, 0.15) is 16.2 Å². The largest absolute Gasteiger partial charge is 0.369 e. The lowest BCUT2D eigenvalue weighted by molar-refractivity contribution is -0.117. The number of thioether (sulfide) groups is 1. The zero-order chi connectivity index (χ0) is 17.4. The van der Waals surface area contributed by atoms with Crippen LogP contribution in [-0.4, -0.2) is 21.1 Å². The van der Waals surface area contributed by atoms with Crippen molar-refractivity contribution in [1.29, 1.82) is 0 Å². The van der Waals surface area contributed by atoms with Crippen LogP contribution in [0, 0.1) is 0 Å². The predicted octanol–water partition coefficient (Wildman–Crippen LogP) is 4.20. The Hall–Kier alpha value is -1.92. The number of primary amides is 1. The standard InChI is InChI=1S/C19H19N3OS2/c1-11(17(20)23)25-19-16-15(9-24-18(16)21-10-22-19)14-7-6-12-4-2-3-5-13(12)8-14/h6-11H,2-5H2,1H3,(H2,20,23). The first-order valence-corrected chi connectivity index (χ1v) is 10.2. The number of benzene rings is 1. The van der Waals surface area contributed by atoms with Gasteiger partial charge < -0.3 is 5.73 Å². The van der Waals surface area contributed by atoms with Gasteiger partial charge in [0.15, 0.2) is 0 Å². The Morgan fingerprint density at radius 1 is 1.24 bits per heavy atom. The lowest BCUT2D eigenvalue weighted by Crippen LogP contribution is -2.22. The Balaban J connectivity index is 1.81. The number of carbonyl (C=O) groups excluding carboxylic acids is 1. The summed E-state index contributed by atoms with van der Waals surface area (Å²) in [5.74, 6) is -0.331. The zero-order valence-corrected chi connectivity index (χ0v) is 15.6. The van der Waals surface area contributed by atoms with Gasteiger partial charge >= 0.3 is 0 Å². The summed E-state index contributed by atoms with van der Waals surface area (Å²) in [6.07, 6.45) is 6.45. The molecule has 1 amide bonds. The van der Waals surface area contributed by atoms with Gasteiger partial charge in [-0.2, -0.15) is 0 Å². The van der Waals surface area contributed by atoms with E-state index in [0.29, 0.717) is 0 Å². The first kappa shape index (κ1) is 16.5. The van der Waals surface area contributed by atoms with Crippen molar-refractivity contribution in [2.45, 2.75) is 42.9 Å². The third-order valence-electron chi connectivity index (χ3n) is 4.68. The maximum atomic E-state index is 11.5. The molecule has 2 aromatic heterocycles. The molecule has 128 valence electrons. The van der Waals surface area contributed by atoms with Gasteiger partial charge in [0.2, 0.25) is 5.91 Å². The first-order valence-electron chi connectivity index (χ1n) is 8.44. The van der Waals surface area contributed by atoms with Crippen molar-refractivity contribution in [3.8, 4) is 11.1 Å². The van der Waals surface area contributed by atoms with E-state index in [4.69, 9.17) is 5.73 Å². The van der Waals surface area contributed by atoms with Crippen molar-refractivity contribution >= 4 is 39.2 Å². The van der Waals surface area contributed by atoms with Gasteiger partial charge in [-0.3, -0.25) is 4.79 Å². The summed E-state index contributed by atoms with van der Waals surface area (Å²) in [6, 6.07) is 6.77. The Morgan fingerprint density at radius 2 is 2.04 bits per heavy atom. The minimum absolute atomic E-state index is 0.325. The summed E-state index contributed by atoms with van der Waals surface area (Å²) in [7, 11) is 0. The fourth-order valence-corrected chi connectivity index (χ4v) is 5.14. The van der Waals surface area contributed by atoms with Crippen LogP contribution in [-0.2, 0) is 17.6 Å². The molecule has 0 radical (unpaired) electrons. The third kappa shape index (κ3) is 3.16. The summed E-state index contributed by atoms with van der Waals surface area (Å²) in [4.78, 5) is 21.2. The second-order valence-corrected chi connectivity index (χ2v) is 8.55. The molecule has 1 atom stereocenters. The number of aromatic nitrogens is 2. The quantitative estimate of drug-likeness (QED) is 0.553. The van der Waals surface area contributed by atoms with Crippen LogP contribution in [0.1, 0.15) is 30.9 Å². The Kier molecular flexibility index (Phi) is 4.48. The topological polar surface area (TPSA) is 68.9 Å². The lowest BCUT2D eigenvalue weighted by Gasteiger charge is -2.16. The van der Waals surface area contributed by atoms with Crippen molar-refractivity contribution in [1.82, 2.24) is 9.97 Å². The summed E-state index contributed by atoms with van der Waals surface area (Å²) in [5.41, 5.74) is 10.7. The molecule has 0 saturated carbocycles. The summed E-state index contributed by atoms with van der Waals surface area (Å²) < 4.78 is 0. The molecule has 0 aliphatic heterocycles. The fraction of sp³-hybridized carbons (Fsp3) is 0.316. The van der Waals surface area contributed by atoms with Crippen LogP contribution in [0.4, 0.5) is 0 Å². The highest BCUT2D eigenvalue weighted by Crippen LogP contribution is 2.39. The number of thiophene rings is 1. The fourth-order valence-electron chi connectivity index (χ4n) is 3.28. The maximum absolute atomic E-state index is 11.5. The molecule has 6 heteroatoms. The van der Waals surface area contributed by atoms with Gasteiger partial charge in [0.05, 0.1) is 10.6 Å². The monoisotopic (exact) mass is 369 g/mol. The molecular formula is C19H19N3OS2. The molecule has 3 aromatic rings. The molecule has 1 unspecified atom stereocenters. The van der Waals surface area contributed by atoms with Gasteiger partial charge in [-0.25, -0.2) is 9.97 Å². The maximum Gasteiger partial charge on any atom is 0.230 e. The van der Waals surface area contributed by atoms with Crippen molar-refractivity contribution in [3.05, 3.63) is 41.0 Å². The summed E-state index contributed by atoms with van der Waals surface area (Å²) in [5, 5.41) is 3.67. The van der Waals surface area contributed by atoms with Gasteiger partial charge in [-0.15, -0.1) is 11.3 Å². The van der Waals surface area contributed by atoms with Crippen molar-refractivity contribution in [2.75, 3.05) is 0 Å². The second-order valence-electron chi connectivity index (χ2n) is 6.36. The van der Waals surface area contributed by atoms with E-state index in [1.54, 1.807) is 17.7 Å². The highest BCUT2D eigenvalue weighted by atomic mass is 32.2. The van der Waals surface area contributed by atoms with E-state index in [9.17, 15) is 4.79 Å². The van der Waals surface area contributed by atoms with Crippen LogP contribution in [0.3, 0.4) is 0 Å². The average molecular weight is 370 g/mol. The molecule has 0 bridgehead atoms. The molecule has 0 fully saturated rings. The molecular weight excluding hydrogens is 350 g/mol. The first-order chi connectivity index (χ1) is 12.1. The lowest BCUT2D eigenvalue weighted by atomic mass is 9.89. The molecule has 1 aromatic carbocycles. The van der Waals surface area contributed by atoms with Crippen LogP contribution >= 0.6 is 23.1 Å². The van der Waals surface area contributed by atoms with Gasteiger partial charge in [0.25, 0.3) is 0 Å². The number of nitrogens with two attached hydrogens (primary N) is 1. The molecule has 2 N–H and O–H groups in total. The van der Waals surface area contributed by atoms with Crippen molar-refractivity contribution < 1.29 is 4.79 Å². The van der Waals surface area contributed by atoms with E-state index in [1.807, 2.05) is 6.92 Å². The van der Waals surface area contributed by atoms with Gasteiger partial charge in [-0.1, -0.05) is 30.0 Å². The molecule has 25 heavy (non-hydrogen) atoms. The smallest absolute Gasteiger partial charge is 0.230 e. The number of rotatable bonds is 4. The number of amides is 1. The normalized spacial score (nSPS) is 15.1. The number of carbonyl (C=O) groups is 1. The molecule has 2 heterocycles. The average Bonchev–Trinajstić information content (AvgIpc) is 3.06. The highest BCUT2D eigenvalue weighted by Gasteiger charge is 2.19. The predicted molar refractivity (Wildman–Crippen MR) is 104 cm³/mol. The Labute approximate surface area is 154 Å². The van der Waals surface area contributed by atoms with E-state index in [-0.39, 0.29) is 11.2 Å². The molecule has 1 aliphatic rings. The summed E-state index contributed by atoms with van der Waals surface area (Å²) in [6.45, 7) is 1.81. The van der Waals surface area contributed by atoms with E-state index >= 15 is 0 Å². The van der Waals surface area contributed by atoms with Gasteiger partial charge in [0, 0.05) is 10.9 Å². The number of aryl methyl sites for hydroxylation is 2. The Bertz CT molecular complexity index is 951. The van der Waals surface area contributed by atoms with E-state index in [0.717, 1.165) is 27.2 Å². The van der Waals surface area contributed by atoms with Crippen LogP contribution in [0.15, 0.2) is 34.9 Å². The third-order valence-corrected chi connectivity index (χ3v) is 6.69. The molecule has 0 spiro atoms. The van der Waals surface area contributed by atoms with Crippen LogP contribution < -0.4 is 5.73 Å². The number of fused-ring (bicyclic) bond motifs is 2. The van der Waals surface area contributed by atoms with E-state index < -0.39 is 0 Å². The van der Waals surface area contributed by atoms with Crippen LogP contribution in [0.2, 0.25) is 0 Å². The van der Waals surface area contributed by atoms with Crippen molar-refractivity contribution in [2.24, 2.45) is 5.73 Å².